The molecule has 0 aliphatic carbocycles. The number of para-hydroxylation sites is 1. The lowest BCUT2D eigenvalue weighted by molar-refractivity contribution is 0.120. The topological polar surface area (TPSA) is 44.8 Å². The normalized spacial score (nSPS) is 10.2. The maximum atomic E-state index is 11.2. The van der Waals surface area contributed by atoms with Gasteiger partial charge in [0.15, 0.2) is 0 Å². The van der Waals surface area contributed by atoms with Crippen LogP contribution < -0.4 is 9.47 Å². The first-order valence-corrected chi connectivity index (χ1v) is 7.29. The predicted octanol–water partition coefficient (Wildman–Crippen LogP) is 4.66. The van der Waals surface area contributed by atoms with Crippen LogP contribution >= 0.6 is 24.2 Å². The summed E-state index contributed by atoms with van der Waals surface area (Å²) in [5.41, 5.74) is 1.64. The summed E-state index contributed by atoms with van der Waals surface area (Å²) in [5, 5.41) is 0.517. The minimum atomic E-state index is -0.772. The Morgan fingerprint density at radius 1 is 1.23 bits per heavy atom. The molecule has 0 saturated heterocycles. The van der Waals surface area contributed by atoms with Gasteiger partial charge in [0.25, 0.3) is 0 Å². The summed E-state index contributed by atoms with van der Waals surface area (Å²) >= 11 is 10.3. The van der Waals surface area contributed by atoms with E-state index >= 15 is 0 Å². The summed E-state index contributed by atoms with van der Waals surface area (Å²) in [6.45, 7) is 2.14. The largest absolute Gasteiger partial charge is 0.513 e. The van der Waals surface area contributed by atoms with Crippen LogP contribution in [0.4, 0.5) is 4.79 Å². The van der Waals surface area contributed by atoms with Crippen LogP contribution in [0.3, 0.4) is 0 Å². The zero-order valence-corrected chi connectivity index (χ0v) is 13.8. The van der Waals surface area contributed by atoms with Crippen molar-refractivity contribution in [2.45, 2.75) is 18.4 Å². The lowest BCUT2D eigenvalue weighted by Gasteiger charge is -2.13. The summed E-state index contributed by atoms with van der Waals surface area (Å²) in [7, 11) is 1.26. The summed E-state index contributed by atoms with van der Waals surface area (Å²) in [6.07, 6.45) is -0.772. The number of aryl methyl sites for hydroxylation is 1. The molecule has 6 heteroatoms. The Labute approximate surface area is 139 Å². The van der Waals surface area contributed by atoms with Gasteiger partial charge in [0, 0.05) is 16.5 Å². The Morgan fingerprint density at radius 3 is 2.68 bits per heavy atom. The highest BCUT2D eigenvalue weighted by Crippen LogP contribution is 2.30. The van der Waals surface area contributed by atoms with E-state index in [2.05, 4.69) is 17.4 Å². The van der Waals surface area contributed by atoms with Crippen molar-refractivity contribution in [3.05, 3.63) is 52.5 Å². The molecule has 0 spiro atoms. The molecule has 0 aliphatic rings. The molecule has 4 nitrogen and oxygen atoms in total. The van der Waals surface area contributed by atoms with Crippen LogP contribution in [0.15, 0.2) is 41.3 Å². The SMILES string of the molecule is COC(=O)Oc1ccccc1COc1cc(Cl)c(S)cc1C. The van der Waals surface area contributed by atoms with E-state index < -0.39 is 6.16 Å². The number of ether oxygens (including phenoxy) is 3. The second-order valence-corrected chi connectivity index (χ2v) is 5.41. The fraction of sp³-hybridized carbons (Fsp3) is 0.188. The molecule has 0 bridgehead atoms. The maximum absolute atomic E-state index is 11.2. The van der Waals surface area contributed by atoms with E-state index in [-0.39, 0.29) is 6.61 Å². The molecular formula is C16H15ClO4S. The van der Waals surface area contributed by atoms with Gasteiger partial charge < -0.3 is 14.2 Å². The highest BCUT2D eigenvalue weighted by atomic mass is 35.5. The number of hydrogen-bond acceptors (Lipinski definition) is 5. The molecule has 0 aliphatic heterocycles. The predicted molar refractivity (Wildman–Crippen MR) is 87.2 cm³/mol. The fourth-order valence-electron chi connectivity index (χ4n) is 1.81. The molecular weight excluding hydrogens is 324 g/mol. The summed E-state index contributed by atoms with van der Waals surface area (Å²) < 4.78 is 15.3. The van der Waals surface area contributed by atoms with E-state index in [1.165, 1.54) is 7.11 Å². The third-order valence-corrected chi connectivity index (χ3v) is 3.77. The molecule has 2 aromatic carbocycles. The van der Waals surface area contributed by atoms with Crippen LogP contribution in [0.5, 0.6) is 11.5 Å². The Kier molecular flexibility index (Phi) is 5.57. The van der Waals surface area contributed by atoms with Gasteiger partial charge in [-0.25, -0.2) is 4.79 Å². The highest BCUT2D eigenvalue weighted by Gasteiger charge is 2.11. The molecule has 0 saturated carbocycles. The highest BCUT2D eigenvalue weighted by molar-refractivity contribution is 7.80. The molecule has 0 atom stereocenters. The Hall–Kier alpha value is -1.85. The number of benzene rings is 2. The number of carbonyl (C=O) groups is 1. The minimum absolute atomic E-state index is 0.232. The van der Waals surface area contributed by atoms with Gasteiger partial charge in [-0.1, -0.05) is 29.8 Å². The number of carbonyl (C=O) groups excluding carboxylic acids is 1. The van der Waals surface area contributed by atoms with E-state index in [9.17, 15) is 4.79 Å². The smallest absolute Gasteiger partial charge is 0.488 e. The zero-order valence-electron chi connectivity index (χ0n) is 12.1. The Morgan fingerprint density at radius 2 is 1.95 bits per heavy atom. The zero-order chi connectivity index (χ0) is 16.1. The lowest BCUT2D eigenvalue weighted by atomic mass is 10.2. The number of thiol groups is 1. The summed E-state index contributed by atoms with van der Waals surface area (Å²) in [5.74, 6) is 1.04. The molecule has 0 radical (unpaired) electrons. The second kappa shape index (κ2) is 7.42. The Bertz CT molecular complexity index is 688. The third-order valence-electron chi connectivity index (χ3n) is 2.96. The molecule has 0 N–H and O–H groups in total. The molecule has 116 valence electrons. The van der Waals surface area contributed by atoms with Crippen LogP contribution in [-0.2, 0) is 11.3 Å². The van der Waals surface area contributed by atoms with Crippen molar-refractivity contribution in [3.63, 3.8) is 0 Å². The quantitative estimate of drug-likeness (QED) is 0.500. The van der Waals surface area contributed by atoms with Gasteiger partial charge in [0.2, 0.25) is 0 Å². The van der Waals surface area contributed by atoms with E-state index in [1.54, 1.807) is 18.2 Å². The molecule has 0 aromatic heterocycles. The molecule has 2 aromatic rings. The average Bonchev–Trinajstić information content (AvgIpc) is 2.50. The number of rotatable bonds is 4. The molecule has 0 fully saturated rings. The van der Waals surface area contributed by atoms with Crippen molar-refractivity contribution in [1.29, 1.82) is 0 Å². The van der Waals surface area contributed by atoms with Crippen LogP contribution in [0.2, 0.25) is 5.02 Å². The van der Waals surface area contributed by atoms with Gasteiger partial charge in [-0.05, 0) is 24.6 Å². The van der Waals surface area contributed by atoms with Crippen LogP contribution in [0.25, 0.3) is 0 Å². The van der Waals surface area contributed by atoms with E-state index in [4.69, 9.17) is 21.1 Å². The van der Waals surface area contributed by atoms with Crippen LogP contribution in [0, 0.1) is 6.92 Å². The van der Waals surface area contributed by atoms with Crippen molar-refractivity contribution in [2.24, 2.45) is 0 Å². The molecule has 22 heavy (non-hydrogen) atoms. The second-order valence-electron chi connectivity index (χ2n) is 4.52. The Balaban J connectivity index is 2.15. The van der Waals surface area contributed by atoms with Gasteiger partial charge >= 0.3 is 6.16 Å². The molecule has 0 unspecified atom stereocenters. The van der Waals surface area contributed by atoms with Gasteiger partial charge in [-0.15, -0.1) is 12.6 Å². The van der Waals surface area contributed by atoms with Crippen molar-refractivity contribution in [2.75, 3.05) is 7.11 Å². The maximum Gasteiger partial charge on any atom is 0.513 e. The van der Waals surface area contributed by atoms with Crippen LogP contribution in [0.1, 0.15) is 11.1 Å². The number of halogens is 1. The first kappa shape index (κ1) is 16.5. The van der Waals surface area contributed by atoms with Crippen molar-refractivity contribution < 1.29 is 19.0 Å². The van der Waals surface area contributed by atoms with E-state index in [1.807, 2.05) is 25.1 Å². The van der Waals surface area contributed by atoms with Gasteiger partial charge in [-0.2, -0.15) is 0 Å². The third kappa shape index (κ3) is 4.08. The molecule has 0 heterocycles. The standard InChI is InChI=1S/C16H15ClO4S/c1-10-7-15(22)12(17)8-14(10)20-9-11-5-3-4-6-13(11)21-16(18)19-2/h3-8,22H,9H2,1-2H3. The van der Waals surface area contributed by atoms with Crippen molar-refractivity contribution in [3.8, 4) is 11.5 Å². The average molecular weight is 339 g/mol. The van der Waals surface area contributed by atoms with Gasteiger partial charge in [-0.3, -0.25) is 0 Å². The van der Waals surface area contributed by atoms with E-state index in [0.717, 1.165) is 11.1 Å². The van der Waals surface area contributed by atoms with Crippen molar-refractivity contribution in [1.82, 2.24) is 0 Å². The van der Waals surface area contributed by atoms with Crippen molar-refractivity contribution >= 4 is 30.4 Å². The number of methoxy groups -OCH3 is 1. The minimum Gasteiger partial charge on any atom is -0.488 e. The summed E-state index contributed by atoms with van der Waals surface area (Å²) in [4.78, 5) is 11.9. The summed E-state index contributed by atoms with van der Waals surface area (Å²) in [6, 6.07) is 10.6. The van der Waals surface area contributed by atoms with Gasteiger partial charge in [0.1, 0.15) is 18.1 Å². The number of hydrogen-bond donors (Lipinski definition) is 1. The van der Waals surface area contributed by atoms with Crippen LogP contribution in [-0.4, -0.2) is 13.3 Å². The molecule has 2 rings (SSSR count). The first-order valence-electron chi connectivity index (χ1n) is 6.47. The monoisotopic (exact) mass is 338 g/mol. The lowest BCUT2D eigenvalue weighted by Crippen LogP contribution is -2.09. The fourth-order valence-corrected chi connectivity index (χ4v) is 2.22. The molecule has 0 amide bonds. The van der Waals surface area contributed by atoms with E-state index in [0.29, 0.717) is 21.4 Å². The van der Waals surface area contributed by atoms with Gasteiger partial charge in [0.05, 0.1) is 12.1 Å². The first-order chi connectivity index (χ1) is 10.5.